The molecule has 0 aliphatic heterocycles. The van der Waals surface area contributed by atoms with E-state index in [2.05, 4.69) is 9.97 Å². The SMILES string of the molecule is Cc1ccnc(C2CC2(F)F)n1. The van der Waals surface area contributed by atoms with Gasteiger partial charge in [0.15, 0.2) is 0 Å². The molecule has 0 radical (unpaired) electrons. The first-order chi connectivity index (χ1) is 5.59. The van der Waals surface area contributed by atoms with Gasteiger partial charge in [0.05, 0.1) is 5.92 Å². The van der Waals surface area contributed by atoms with E-state index in [1.807, 2.05) is 0 Å². The Hall–Kier alpha value is -1.06. The van der Waals surface area contributed by atoms with Crippen LogP contribution in [0, 0.1) is 6.92 Å². The van der Waals surface area contributed by atoms with Crippen molar-refractivity contribution in [2.45, 2.75) is 25.2 Å². The largest absolute Gasteiger partial charge is 0.259 e. The highest BCUT2D eigenvalue weighted by Gasteiger charge is 2.59. The minimum absolute atomic E-state index is 0.101. The molecule has 1 saturated carbocycles. The maximum Gasteiger partial charge on any atom is 0.259 e. The van der Waals surface area contributed by atoms with Gasteiger partial charge in [-0.25, -0.2) is 18.7 Å². The number of hydrogen-bond donors (Lipinski definition) is 0. The second-order valence-electron chi connectivity index (χ2n) is 3.07. The fraction of sp³-hybridized carbons (Fsp3) is 0.500. The summed E-state index contributed by atoms with van der Waals surface area (Å²) in [6.45, 7) is 1.77. The van der Waals surface area contributed by atoms with Crippen molar-refractivity contribution in [1.29, 1.82) is 0 Å². The Morgan fingerprint density at radius 3 is 2.75 bits per heavy atom. The summed E-state index contributed by atoms with van der Waals surface area (Å²) in [7, 11) is 0. The Balaban J connectivity index is 2.26. The van der Waals surface area contributed by atoms with E-state index in [-0.39, 0.29) is 12.2 Å². The maximum atomic E-state index is 12.5. The fourth-order valence-corrected chi connectivity index (χ4v) is 1.13. The Bertz CT molecular complexity index is 312. The van der Waals surface area contributed by atoms with Gasteiger partial charge < -0.3 is 0 Å². The Morgan fingerprint density at radius 1 is 1.58 bits per heavy atom. The molecule has 1 aliphatic rings. The molecule has 0 spiro atoms. The second-order valence-corrected chi connectivity index (χ2v) is 3.07. The van der Waals surface area contributed by atoms with Crippen molar-refractivity contribution in [3.8, 4) is 0 Å². The van der Waals surface area contributed by atoms with E-state index in [0.717, 1.165) is 5.69 Å². The van der Waals surface area contributed by atoms with Gasteiger partial charge >= 0.3 is 0 Å². The van der Waals surface area contributed by atoms with Crippen LogP contribution in [0.5, 0.6) is 0 Å². The normalized spacial score (nSPS) is 25.4. The Labute approximate surface area is 68.7 Å². The number of alkyl halides is 2. The van der Waals surface area contributed by atoms with Crippen LogP contribution < -0.4 is 0 Å². The first kappa shape index (κ1) is 7.58. The van der Waals surface area contributed by atoms with Crippen molar-refractivity contribution < 1.29 is 8.78 Å². The summed E-state index contributed by atoms with van der Waals surface area (Å²) in [5.74, 6) is -3.02. The van der Waals surface area contributed by atoms with E-state index >= 15 is 0 Å². The van der Waals surface area contributed by atoms with E-state index in [9.17, 15) is 8.78 Å². The number of aryl methyl sites for hydroxylation is 1. The lowest BCUT2D eigenvalue weighted by atomic mass is 10.3. The zero-order chi connectivity index (χ0) is 8.77. The first-order valence-electron chi connectivity index (χ1n) is 3.77. The van der Waals surface area contributed by atoms with Gasteiger partial charge in [0, 0.05) is 18.3 Å². The van der Waals surface area contributed by atoms with Gasteiger partial charge in [0.25, 0.3) is 5.92 Å². The summed E-state index contributed by atoms with van der Waals surface area (Å²) in [5, 5.41) is 0. The van der Waals surface area contributed by atoms with Gasteiger partial charge in [-0.1, -0.05) is 0 Å². The molecule has 0 aromatic carbocycles. The molecule has 0 amide bonds. The number of nitrogens with zero attached hydrogens (tertiary/aromatic N) is 2. The molecule has 1 atom stereocenters. The predicted molar refractivity (Wildman–Crippen MR) is 39.1 cm³/mol. The first-order valence-corrected chi connectivity index (χ1v) is 3.77. The van der Waals surface area contributed by atoms with Crippen molar-refractivity contribution >= 4 is 0 Å². The van der Waals surface area contributed by atoms with Crippen LogP contribution in [0.1, 0.15) is 23.9 Å². The summed E-state index contributed by atoms with van der Waals surface area (Å²) in [6, 6.07) is 1.70. The summed E-state index contributed by atoms with van der Waals surface area (Å²) in [6.07, 6.45) is 1.42. The number of rotatable bonds is 1. The molecule has 4 heteroatoms. The lowest BCUT2D eigenvalue weighted by Crippen LogP contribution is -1.99. The van der Waals surface area contributed by atoms with Crippen molar-refractivity contribution in [3.63, 3.8) is 0 Å². The van der Waals surface area contributed by atoms with Crippen LogP contribution >= 0.6 is 0 Å². The van der Waals surface area contributed by atoms with E-state index in [4.69, 9.17) is 0 Å². The van der Waals surface area contributed by atoms with Gasteiger partial charge in [-0.05, 0) is 13.0 Å². The molecule has 1 heterocycles. The molecule has 0 N–H and O–H groups in total. The molecule has 0 bridgehead atoms. The zero-order valence-electron chi connectivity index (χ0n) is 6.59. The van der Waals surface area contributed by atoms with Gasteiger partial charge in [-0.3, -0.25) is 0 Å². The Kier molecular flexibility index (Phi) is 1.40. The number of halogens is 2. The second kappa shape index (κ2) is 2.21. The van der Waals surface area contributed by atoms with Gasteiger partial charge in [0.1, 0.15) is 5.82 Å². The third-order valence-corrected chi connectivity index (χ3v) is 1.95. The highest BCUT2D eigenvalue weighted by Crippen LogP contribution is 2.54. The molecular formula is C8H8F2N2. The van der Waals surface area contributed by atoms with Crippen LogP contribution in [0.25, 0.3) is 0 Å². The molecular weight excluding hydrogens is 162 g/mol. The molecule has 12 heavy (non-hydrogen) atoms. The molecule has 2 rings (SSSR count). The quantitative estimate of drug-likeness (QED) is 0.643. The third kappa shape index (κ3) is 1.17. The molecule has 0 saturated heterocycles. The predicted octanol–water partition coefficient (Wildman–Crippen LogP) is 1.91. The van der Waals surface area contributed by atoms with Crippen molar-refractivity contribution in [2.24, 2.45) is 0 Å². The van der Waals surface area contributed by atoms with Crippen LogP contribution in [0.4, 0.5) is 8.78 Å². The van der Waals surface area contributed by atoms with Gasteiger partial charge in [0.2, 0.25) is 0 Å². The maximum absolute atomic E-state index is 12.5. The van der Waals surface area contributed by atoms with Crippen molar-refractivity contribution in [3.05, 3.63) is 23.8 Å². The van der Waals surface area contributed by atoms with E-state index in [0.29, 0.717) is 0 Å². The number of aromatic nitrogens is 2. The minimum Gasteiger partial charge on any atom is -0.241 e. The fourth-order valence-electron chi connectivity index (χ4n) is 1.13. The third-order valence-electron chi connectivity index (χ3n) is 1.95. The monoisotopic (exact) mass is 170 g/mol. The minimum atomic E-state index is -2.56. The smallest absolute Gasteiger partial charge is 0.241 e. The number of hydrogen-bond acceptors (Lipinski definition) is 2. The standard InChI is InChI=1S/C8H8F2N2/c1-5-2-3-11-7(12-5)6-4-8(6,9)10/h2-3,6H,4H2,1H3. The average molecular weight is 170 g/mol. The summed E-state index contributed by atoms with van der Waals surface area (Å²) in [4.78, 5) is 7.75. The molecule has 1 fully saturated rings. The van der Waals surface area contributed by atoms with Crippen LogP contribution in [0.3, 0.4) is 0 Å². The molecule has 64 valence electrons. The molecule has 1 aromatic rings. The highest BCUT2D eigenvalue weighted by molar-refractivity contribution is 5.17. The van der Waals surface area contributed by atoms with Crippen LogP contribution in [-0.2, 0) is 0 Å². The lowest BCUT2D eigenvalue weighted by molar-refractivity contribution is 0.111. The lowest BCUT2D eigenvalue weighted by Gasteiger charge is -1.97. The van der Waals surface area contributed by atoms with E-state index < -0.39 is 11.8 Å². The summed E-state index contributed by atoms with van der Waals surface area (Å²) < 4.78 is 25.1. The van der Waals surface area contributed by atoms with Crippen LogP contribution in [0.2, 0.25) is 0 Å². The topological polar surface area (TPSA) is 25.8 Å². The van der Waals surface area contributed by atoms with Gasteiger partial charge in [-0.2, -0.15) is 0 Å². The van der Waals surface area contributed by atoms with Crippen molar-refractivity contribution in [1.82, 2.24) is 9.97 Å². The van der Waals surface area contributed by atoms with E-state index in [1.165, 1.54) is 6.20 Å². The summed E-state index contributed by atoms with van der Waals surface area (Å²) >= 11 is 0. The molecule has 1 aromatic heterocycles. The van der Waals surface area contributed by atoms with Crippen molar-refractivity contribution in [2.75, 3.05) is 0 Å². The van der Waals surface area contributed by atoms with Crippen LogP contribution in [-0.4, -0.2) is 15.9 Å². The van der Waals surface area contributed by atoms with Crippen LogP contribution in [0.15, 0.2) is 12.3 Å². The Morgan fingerprint density at radius 2 is 2.25 bits per heavy atom. The highest BCUT2D eigenvalue weighted by atomic mass is 19.3. The average Bonchev–Trinajstić information content (AvgIpc) is 2.60. The van der Waals surface area contributed by atoms with Gasteiger partial charge in [-0.15, -0.1) is 0 Å². The summed E-state index contributed by atoms with van der Waals surface area (Å²) in [5.41, 5.74) is 0.739. The molecule has 1 aliphatic carbocycles. The zero-order valence-corrected chi connectivity index (χ0v) is 6.59. The van der Waals surface area contributed by atoms with E-state index in [1.54, 1.807) is 13.0 Å². The molecule has 2 nitrogen and oxygen atoms in total. The molecule has 1 unspecified atom stereocenters.